The third-order valence-electron chi connectivity index (χ3n) is 8.36. The van der Waals surface area contributed by atoms with Crippen LogP contribution in [-0.2, 0) is 38.4 Å². The fourth-order valence-corrected chi connectivity index (χ4v) is 5.73. The fraction of sp³-hybridized carbons (Fsp3) is 0.275. The number of methoxy groups -OCH3 is 1. The molecule has 52 heavy (non-hydrogen) atoms. The topological polar surface area (TPSA) is 183 Å². The van der Waals surface area contributed by atoms with E-state index in [2.05, 4.69) is 21.3 Å². The average molecular weight is 709 g/mol. The van der Waals surface area contributed by atoms with Gasteiger partial charge in [0, 0.05) is 24.2 Å². The molecule has 0 fully saturated rings. The number of anilines is 2. The first-order valence-corrected chi connectivity index (χ1v) is 16.9. The number of carboxylic acids is 2. The van der Waals surface area contributed by atoms with Gasteiger partial charge in [0.2, 0.25) is 11.8 Å². The minimum atomic E-state index is -1.32. The highest BCUT2D eigenvalue weighted by atomic mass is 16.5. The Labute approximate surface area is 302 Å². The molecule has 0 aromatic heterocycles. The van der Waals surface area contributed by atoms with Crippen LogP contribution in [-0.4, -0.2) is 59.2 Å². The maximum absolute atomic E-state index is 13.7. The van der Waals surface area contributed by atoms with Gasteiger partial charge in [0.1, 0.15) is 17.8 Å². The number of hydrogen-bond acceptors (Lipinski definition) is 6. The summed E-state index contributed by atoms with van der Waals surface area (Å²) in [7, 11) is 1.55. The van der Waals surface area contributed by atoms with Crippen molar-refractivity contribution in [3.8, 4) is 5.75 Å². The van der Waals surface area contributed by atoms with Crippen LogP contribution in [0.1, 0.15) is 48.4 Å². The molecule has 0 aliphatic carbocycles. The van der Waals surface area contributed by atoms with Crippen LogP contribution in [0.3, 0.4) is 0 Å². The van der Waals surface area contributed by atoms with Crippen LogP contribution in [0.5, 0.6) is 5.75 Å². The van der Waals surface area contributed by atoms with E-state index in [1.807, 2.05) is 19.9 Å². The summed E-state index contributed by atoms with van der Waals surface area (Å²) < 4.78 is 5.13. The van der Waals surface area contributed by atoms with Gasteiger partial charge in [0.25, 0.3) is 0 Å². The maximum Gasteiger partial charge on any atom is 0.326 e. The summed E-state index contributed by atoms with van der Waals surface area (Å²) in [6, 6.07) is 26.4. The molecular weight excluding hydrogens is 664 g/mol. The summed E-state index contributed by atoms with van der Waals surface area (Å²) >= 11 is 0. The normalized spacial score (nSPS) is 12.5. The van der Waals surface area contributed by atoms with Crippen molar-refractivity contribution in [1.82, 2.24) is 10.6 Å². The highest BCUT2D eigenvalue weighted by Gasteiger charge is 2.29. The fourth-order valence-electron chi connectivity index (χ4n) is 5.73. The largest absolute Gasteiger partial charge is 0.497 e. The van der Waals surface area contributed by atoms with E-state index in [9.17, 15) is 34.2 Å². The lowest BCUT2D eigenvalue weighted by atomic mass is 9.88. The van der Waals surface area contributed by atoms with Gasteiger partial charge in [-0.05, 0) is 71.0 Å². The van der Waals surface area contributed by atoms with Gasteiger partial charge in [-0.3, -0.25) is 9.59 Å². The van der Waals surface area contributed by atoms with Crippen LogP contribution in [0.2, 0.25) is 0 Å². The number of carboxylic acid groups (broad SMARTS) is 2. The lowest BCUT2D eigenvalue weighted by molar-refractivity contribution is -0.142. The van der Waals surface area contributed by atoms with Crippen LogP contribution >= 0.6 is 0 Å². The molecule has 4 amide bonds. The predicted octanol–water partition coefficient (Wildman–Crippen LogP) is 5.64. The zero-order valence-electron chi connectivity index (χ0n) is 29.3. The molecule has 0 aliphatic rings. The number of benzene rings is 4. The second kappa shape index (κ2) is 18.7. The molecule has 0 heterocycles. The first-order valence-electron chi connectivity index (χ1n) is 16.9. The molecule has 272 valence electrons. The van der Waals surface area contributed by atoms with E-state index in [-0.39, 0.29) is 25.2 Å². The van der Waals surface area contributed by atoms with Crippen molar-refractivity contribution in [1.29, 1.82) is 0 Å². The van der Waals surface area contributed by atoms with Crippen molar-refractivity contribution >= 4 is 41.2 Å². The standard InChI is InChI=1S/C40H44N4O8/c1-25(2)21-33(27-13-15-30(16-14-27)41-40(51)42-31-17-19-32(52-3)20-18-31)37(46)44-35(39(49)50)24-29-12-8-7-11-28(29)23-34(38(47)48)43-36(45)22-26-9-5-4-6-10-26/h4-20,25,33-35H,21-24H2,1-3H3,(H,43,45)(H,44,46)(H,47,48)(H,49,50)(H2,41,42,51). The minimum absolute atomic E-state index is 0.0100. The molecule has 4 aromatic rings. The second-order valence-corrected chi connectivity index (χ2v) is 12.8. The van der Waals surface area contributed by atoms with Crippen molar-refractivity contribution in [2.75, 3.05) is 17.7 Å². The van der Waals surface area contributed by atoms with Gasteiger partial charge in [-0.15, -0.1) is 0 Å². The Hall–Kier alpha value is -6.17. The van der Waals surface area contributed by atoms with Crippen LogP contribution in [0.4, 0.5) is 16.2 Å². The summed E-state index contributed by atoms with van der Waals surface area (Å²) in [6.07, 6.45) is 0.251. The number of rotatable bonds is 17. The zero-order chi connectivity index (χ0) is 37.6. The van der Waals surface area contributed by atoms with E-state index in [1.165, 1.54) is 0 Å². The number of amides is 4. The van der Waals surface area contributed by atoms with Crippen LogP contribution in [0, 0.1) is 5.92 Å². The van der Waals surface area contributed by atoms with E-state index >= 15 is 0 Å². The SMILES string of the molecule is COc1ccc(NC(=O)Nc2ccc(C(CC(C)C)C(=O)NC(Cc3ccccc3CC(NC(=O)Cc3ccccc3)C(=O)O)C(=O)O)cc2)cc1. The van der Waals surface area contributed by atoms with E-state index in [0.29, 0.717) is 40.2 Å². The molecular formula is C40H44N4O8. The Bertz CT molecular complexity index is 1830. The number of urea groups is 1. The Morgan fingerprint density at radius 1 is 0.654 bits per heavy atom. The van der Waals surface area contributed by atoms with Crippen molar-refractivity contribution in [3.63, 3.8) is 0 Å². The summed E-state index contributed by atoms with van der Waals surface area (Å²) in [5, 5.41) is 30.9. The van der Waals surface area contributed by atoms with Crippen molar-refractivity contribution < 1.29 is 38.9 Å². The molecule has 4 aromatic carbocycles. The second-order valence-electron chi connectivity index (χ2n) is 12.8. The number of nitrogens with one attached hydrogen (secondary N) is 4. The van der Waals surface area contributed by atoms with Gasteiger partial charge in [-0.2, -0.15) is 0 Å². The molecule has 3 atom stereocenters. The summed E-state index contributed by atoms with van der Waals surface area (Å²) in [6.45, 7) is 3.92. The highest BCUT2D eigenvalue weighted by Crippen LogP contribution is 2.26. The van der Waals surface area contributed by atoms with Crippen LogP contribution in [0.25, 0.3) is 0 Å². The number of carbonyl (C=O) groups is 5. The molecule has 3 unspecified atom stereocenters. The monoisotopic (exact) mass is 708 g/mol. The van der Waals surface area contributed by atoms with Gasteiger partial charge >= 0.3 is 18.0 Å². The molecule has 0 aliphatic heterocycles. The third-order valence-corrected chi connectivity index (χ3v) is 8.36. The predicted molar refractivity (Wildman–Crippen MR) is 197 cm³/mol. The van der Waals surface area contributed by atoms with Crippen molar-refractivity contribution in [3.05, 3.63) is 125 Å². The third kappa shape index (κ3) is 11.7. The zero-order valence-corrected chi connectivity index (χ0v) is 29.3. The number of hydrogen-bond donors (Lipinski definition) is 6. The molecule has 12 nitrogen and oxygen atoms in total. The van der Waals surface area contributed by atoms with Gasteiger partial charge in [0.15, 0.2) is 0 Å². The van der Waals surface area contributed by atoms with Crippen molar-refractivity contribution in [2.24, 2.45) is 5.92 Å². The van der Waals surface area contributed by atoms with Crippen molar-refractivity contribution in [2.45, 2.75) is 57.5 Å². The lowest BCUT2D eigenvalue weighted by Crippen LogP contribution is -2.45. The molecule has 0 radical (unpaired) electrons. The van der Waals surface area contributed by atoms with E-state index in [0.717, 1.165) is 5.56 Å². The molecule has 0 bridgehead atoms. The molecule has 12 heteroatoms. The van der Waals surface area contributed by atoms with Crippen LogP contribution < -0.4 is 26.0 Å². The Kier molecular flexibility index (Phi) is 13.9. The Morgan fingerprint density at radius 2 is 1.15 bits per heavy atom. The minimum Gasteiger partial charge on any atom is -0.497 e. The Morgan fingerprint density at radius 3 is 1.65 bits per heavy atom. The van der Waals surface area contributed by atoms with Crippen LogP contribution in [0.15, 0.2) is 103 Å². The molecule has 6 N–H and O–H groups in total. The summed E-state index contributed by atoms with van der Waals surface area (Å²) in [4.78, 5) is 63.6. The summed E-state index contributed by atoms with van der Waals surface area (Å²) in [5.74, 6) is -3.34. The first kappa shape index (κ1) is 38.6. The molecule has 0 saturated carbocycles. The molecule has 4 rings (SSSR count). The number of aliphatic carboxylic acids is 2. The number of carbonyl (C=O) groups excluding carboxylic acids is 3. The van der Waals surface area contributed by atoms with E-state index in [4.69, 9.17) is 4.74 Å². The van der Waals surface area contributed by atoms with E-state index < -0.39 is 47.8 Å². The van der Waals surface area contributed by atoms with Gasteiger partial charge in [0.05, 0.1) is 19.4 Å². The molecule has 0 saturated heterocycles. The smallest absolute Gasteiger partial charge is 0.326 e. The van der Waals surface area contributed by atoms with Gasteiger partial charge in [-0.1, -0.05) is 80.6 Å². The first-order chi connectivity index (χ1) is 24.9. The maximum atomic E-state index is 13.7. The lowest BCUT2D eigenvalue weighted by Gasteiger charge is -2.23. The van der Waals surface area contributed by atoms with Gasteiger partial charge < -0.3 is 36.2 Å². The van der Waals surface area contributed by atoms with Gasteiger partial charge in [-0.25, -0.2) is 14.4 Å². The highest BCUT2D eigenvalue weighted by molar-refractivity contribution is 5.99. The average Bonchev–Trinajstić information content (AvgIpc) is 3.11. The Balaban J connectivity index is 1.43. The molecule has 0 spiro atoms. The quantitative estimate of drug-likeness (QED) is 0.0815. The summed E-state index contributed by atoms with van der Waals surface area (Å²) in [5.41, 5.74) is 3.52. The van der Waals surface area contributed by atoms with E-state index in [1.54, 1.807) is 104 Å². The number of ether oxygens (including phenoxy) is 1.